The molecule has 1 aliphatic rings. The highest BCUT2D eigenvalue weighted by molar-refractivity contribution is 7.09. The lowest BCUT2D eigenvalue weighted by Crippen LogP contribution is -2.30. The van der Waals surface area contributed by atoms with Crippen LogP contribution in [0.4, 0.5) is 11.6 Å². The highest BCUT2D eigenvalue weighted by Crippen LogP contribution is 2.28. The van der Waals surface area contributed by atoms with Crippen molar-refractivity contribution in [3.8, 4) is 11.8 Å². The molecule has 4 heterocycles. The van der Waals surface area contributed by atoms with Crippen LogP contribution in [0, 0.1) is 18.8 Å². The smallest absolute Gasteiger partial charge is 0.268 e. The topological polar surface area (TPSA) is 75.9 Å². The largest absolute Gasteiger partial charge is 0.324 e. The van der Waals surface area contributed by atoms with Gasteiger partial charge in [0.2, 0.25) is 5.95 Å². The molecule has 1 aliphatic heterocycles. The zero-order valence-electron chi connectivity index (χ0n) is 24.2. The van der Waals surface area contributed by atoms with E-state index in [1.54, 1.807) is 28.2 Å². The SMILES string of the molecule is CCc1ncsc1Cn1c(=O)c(C#Cc2ccc(C)cc2)cc2cnc(Nc3ccc(C4CCCN(C)C4)cc3)nc21. The summed E-state index contributed by atoms with van der Waals surface area (Å²) < 4.78 is 1.71. The summed E-state index contributed by atoms with van der Waals surface area (Å²) in [7, 11) is 2.19. The number of nitrogens with one attached hydrogen (secondary N) is 1. The van der Waals surface area contributed by atoms with E-state index in [4.69, 9.17) is 4.98 Å². The maximum absolute atomic E-state index is 13.8. The third-order valence-corrected chi connectivity index (χ3v) is 8.70. The summed E-state index contributed by atoms with van der Waals surface area (Å²) >= 11 is 1.55. The fraction of sp³-hybridized carbons (Fsp3) is 0.294. The number of piperidine rings is 1. The van der Waals surface area contributed by atoms with Crippen molar-refractivity contribution in [3.63, 3.8) is 0 Å². The van der Waals surface area contributed by atoms with Crippen molar-refractivity contribution in [1.29, 1.82) is 0 Å². The molecule has 1 atom stereocenters. The average molecular weight is 575 g/mol. The van der Waals surface area contributed by atoms with Crippen molar-refractivity contribution < 1.29 is 0 Å². The van der Waals surface area contributed by atoms with Crippen LogP contribution in [0.5, 0.6) is 0 Å². The van der Waals surface area contributed by atoms with Crippen molar-refractivity contribution in [3.05, 3.63) is 109 Å². The zero-order valence-corrected chi connectivity index (χ0v) is 25.0. The molecular weight excluding hydrogens is 540 g/mol. The Labute approximate surface area is 250 Å². The van der Waals surface area contributed by atoms with Crippen LogP contribution in [0.2, 0.25) is 0 Å². The van der Waals surface area contributed by atoms with Crippen LogP contribution in [-0.2, 0) is 13.0 Å². The number of rotatable bonds is 6. The molecule has 5 aromatic rings. The lowest BCUT2D eigenvalue weighted by atomic mass is 9.91. The number of pyridine rings is 1. The first-order valence-electron chi connectivity index (χ1n) is 14.4. The number of thiazole rings is 1. The summed E-state index contributed by atoms with van der Waals surface area (Å²) in [6.07, 6.45) is 5.01. The fourth-order valence-corrected chi connectivity index (χ4v) is 6.34. The zero-order chi connectivity index (χ0) is 29.1. The monoisotopic (exact) mass is 574 g/mol. The molecule has 0 bridgehead atoms. The Morgan fingerprint density at radius 1 is 1.07 bits per heavy atom. The van der Waals surface area contributed by atoms with E-state index >= 15 is 0 Å². The summed E-state index contributed by atoms with van der Waals surface area (Å²) in [5, 5.41) is 4.10. The third-order valence-electron chi connectivity index (χ3n) is 7.84. The van der Waals surface area contributed by atoms with Gasteiger partial charge in [-0.3, -0.25) is 9.36 Å². The van der Waals surface area contributed by atoms with Crippen LogP contribution in [0.1, 0.15) is 58.5 Å². The number of fused-ring (bicyclic) bond motifs is 1. The van der Waals surface area contributed by atoms with Gasteiger partial charge in [0.15, 0.2) is 0 Å². The van der Waals surface area contributed by atoms with Gasteiger partial charge in [0.1, 0.15) is 5.65 Å². The van der Waals surface area contributed by atoms with E-state index in [-0.39, 0.29) is 5.56 Å². The Morgan fingerprint density at radius 3 is 2.64 bits per heavy atom. The Hall–Kier alpha value is -4.32. The standard InChI is InChI=1S/C34H34N6OS/c1-4-30-31(42-22-36-30)21-40-32-28(18-26(33(40)41)12-11-24-9-7-23(2)8-10-24)19-35-34(38-32)37-29-15-13-25(14-16-29)27-6-5-17-39(3)20-27/h7-10,13-16,18-19,22,27H,4-6,17,20-21H2,1-3H3,(H,35,37,38). The molecule has 8 heteroatoms. The lowest BCUT2D eigenvalue weighted by Gasteiger charge is -2.30. The first kappa shape index (κ1) is 27.8. The second kappa shape index (κ2) is 12.3. The Kier molecular flexibility index (Phi) is 8.13. The Morgan fingerprint density at radius 2 is 1.88 bits per heavy atom. The molecule has 42 heavy (non-hydrogen) atoms. The van der Waals surface area contributed by atoms with E-state index in [0.29, 0.717) is 29.6 Å². The van der Waals surface area contributed by atoms with Crippen molar-refractivity contribution >= 4 is 34.0 Å². The molecule has 212 valence electrons. The normalized spacial score (nSPS) is 15.4. The van der Waals surface area contributed by atoms with Crippen LogP contribution in [0.25, 0.3) is 11.0 Å². The second-order valence-corrected chi connectivity index (χ2v) is 11.9. The lowest BCUT2D eigenvalue weighted by molar-refractivity contribution is 0.251. The molecule has 7 nitrogen and oxygen atoms in total. The van der Waals surface area contributed by atoms with E-state index in [0.717, 1.165) is 40.2 Å². The Bertz CT molecular complexity index is 1830. The number of hydrogen-bond donors (Lipinski definition) is 1. The summed E-state index contributed by atoms with van der Waals surface area (Å²) in [5.41, 5.74) is 7.92. The maximum Gasteiger partial charge on any atom is 0.268 e. The number of aryl methyl sites for hydroxylation is 2. The minimum Gasteiger partial charge on any atom is -0.324 e. The Balaban J connectivity index is 1.34. The quantitative estimate of drug-likeness (QED) is 0.246. The molecule has 0 spiro atoms. The summed E-state index contributed by atoms with van der Waals surface area (Å²) in [6, 6.07) is 18.3. The van der Waals surface area contributed by atoms with Crippen molar-refractivity contribution in [2.45, 2.75) is 45.6 Å². The molecule has 1 saturated heterocycles. The highest BCUT2D eigenvalue weighted by Gasteiger charge is 2.19. The van der Waals surface area contributed by atoms with E-state index in [1.807, 2.05) is 36.7 Å². The van der Waals surface area contributed by atoms with E-state index < -0.39 is 0 Å². The number of nitrogens with zero attached hydrogens (tertiary/aromatic N) is 5. The van der Waals surface area contributed by atoms with Crippen molar-refractivity contribution in [2.24, 2.45) is 0 Å². The van der Waals surface area contributed by atoms with Crippen LogP contribution in [0.15, 0.2) is 71.1 Å². The second-order valence-electron chi connectivity index (χ2n) is 11.0. The minimum absolute atomic E-state index is 0.177. The van der Waals surface area contributed by atoms with Gasteiger partial charge in [0.25, 0.3) is 5.56 Å². The van der Waals surface area contributed by atoms with Crippen LogP contribution < -0.4 is 10.9 Å². The summed E-state index contributed by atoms with van der Waals surface area (Å²) in [6.45, 7) is 6.76. The van der Waals surface area contributed by atoms with Crippen LogP contribution in [0.3, 0.4) is 0 Å². The summed E-state index contributed by atoms with van der Waals surface area (Å²) in [5.74, 6) is 7.26. The van der Waals surface area contributed by atoms with E-state index in [2.05, 4.69) is 70.3 Å². The van der Waals surface area contributed by atoms with Gasteiger partial charge in [-0.2, -0.15) is 4.98 Å². The van der Waals surface area contributed by atoms with Gasteiger partial charge >= 0.3 is 0 Å². The first-order valence-corrected chi connectivity index (χ1v) is 15.3. The number of anilines is 2. The molecule has 1 fully saturated rings. The molecular formula is C34H34N6OS. The van der Waals surface area contributed by atoms with Gasteiger partial charge < -0.3 is 10.2 Å². The van der Waals surface area contributed by atoms with Gasteiger partial charge in [-0.15, -0.1) is 11.3 Å². The molecule has 0 amide bonds. The molecule has 1 N–H and O–H groups in total. The number of likely N-dealkylation sites (tertiary alicyclic amines) is 1. The van der Waals surface area contributed by atoms with E-state index in [1.165, 1.54) is 30.5 Å². The van der Waals surface area contributed by atoms with Gasteiger partial charge in [-0.1, -0.05) is 48.6 Å². The molecule has 0 radical (unpaired) electrons. The maximum atomic E-state index is 13.8. The van der Waals surface area contributed by atoms with E-state index in [9.17, 15) is 4.79 Å². The highest BCUT2D eigenvalue weighted by atomic mass is 32.1. The predicted molar refractivity (Wildman–Crippen MR) is 171 cm³/mol. The number of likely N-dealkylation sites (N-methyl/N-ethyl adjacent to an activating group) is 1. The number of benzene rings is 2. The third kappa shape index (κ3) is 6.13. The first-order chi connectivity index (χ1) is 20.5. The molecule has 3 aromatic heterocycles. The number of hydrogen-bond acceptors (Lipinski definition) is 7. The summed E-state index contributed by atoms with van der Waals surface area (Å²) in [4.78, 5) is 31.2. The van der Waals surface area contributed by atoms with Crippen LogP contribution >= 0.6 is 11.3 Å². The minimum atomic E-state index is -0.177. The predicted octanol–water partition coefficient (Wildman–Crippen LogP) is 6.12. The van der Waals surface area contributed by atoms with Crippen LogP contribution in [-0.4, -0.2) is 44.6 Å². The number of aromatic nitrogens is 4. The molecule has 0 saturated carbocycles. The van der Waals surface area contributed by atoms with Crippen molar-refractivity contribution in [1.82, 2.24) is 24.4 Å². The van der Waals surface area contributed by atoms with Gasteiger partial charge in [-0.05, 0) is 81.6 Å². The van der Waals surface area contributed by atoms with Gasteiger partial charge in [0.05, 0.1) is 23.3 Å². The van der Waals surface area contributed by atoms with Gasteiger partial charge in [-0.25, -0.2) is 9.97 Å². The molecule has 1 unspecified atom stereocenters. The molecule has 0 aliphatic carbocycles. The molecule has 6 rings (SSSR count). The molecule has 2 aromatic carbocycles. The van der Waals surface area contributed by atoms with Gasteiger partial charge in [0, 0.05) is 34.3 Å². The van der Waals surface area contributed by atoms with Crippen molar-refractivity contribution in [2.75, 3.05) is 25.5 Å². The fourth-order valence-electron chi connectivity index (χ4n) is 5.49. The average Bonchev–Trinajstić information content (AvgIpc) is 3.46.